The van der Waals surface area contributed by atoms with E-state index in [9.17, 15) is 22.4 Å². The van der Waals surface area contributed by atoms with Crippen LogP contribution < -0.4 is 19.1 Å². The van der Waals surface area contributed by atoms with Gasteiger partial charge in [0, 0.05) is 19.2 Å². The lowest BCUT2D eigenvalue weighted by atomic mass is 10.1. The summed E-state index contributed by atoms with van der Waals surface area (Å²) >= 11 is 0. The number of aryl methyl sites for hydroxylation is 1. The van der Waals surface area contributed by atoms with Gasteiger partial charge in [-0.1, -0.05) is 36.8 Å². The van der Waals surface area contributed by atoms with Crippen molar-refractivity contribution in [1.29, 1.82) is 0 Å². The van der Waals surface area contributed by atoms with Crippen molar-refractivity contribution in [3.05, 3.63) is 83.7 Å². The monoisotopic (exact) mass is 585 g/mol. The van der Waals surface area contributed by atoms with Crippen molar-refractivity contribution in [3.8, 4) is 11.5 Å². The molecule has 1 N–H and O–H groups in total. The van der Waals surface area contributed by atoms with E-state index in [-0.39, 0.29) is 28.8 Å². The predicted molar refractivity (Wildman–Crippen MR) is 155 cm³/mol. The van der Waals surface area contributed by atoms with E-state index in [1.807, 2.05) is 38.1 Å². The molecule has 9 nitrogen and oxygen atoms in total. The summed E-state index contributed by atoms with van der Waals surface area (Å²) in [6.07, 6.45) is 0.714. The predicted octanol–water partition coefficient (Wildman–Crippen LogP) is 4.29. The number of carbonyl (C=O) groups excluding carboxylic acids is 2. The van der Waals surface area contributed by atoms with Gasteiger partial charge in [0.15, 0.2) is 11.5 Å². The number of nitrogens with one attached hydrogen (secondary N) is 1. The molecule has 3 rings (SSSR count). The van der Waals surface area contributed by atoms with Crippen molar-refractivity contribution in [3.63, 3.8) is 0 Å². The number of carbonyl (C=O) groups is 2. The second kappa shape index (κ2) is 14.0. The maximum atomic E-state index is 14.0. The molecule has 0 aliphatic rings. The van der Waals surface area contributed by atoms with Crippen molar-refractivity contribution < 1.29 is 31.9 Å². The molecule has 0 aliphatic heterocycles. The van der Waals surface area contributed by atoms with E-state index in [1.165, 1.54) is 49.5 Å². The maximum absolute atomic E-state index is 14.0. The first kappa shape index (κ1) is 31.4. The summed E-state index contributed by atoms with van der Waals surface area (Å²) in [5.41, 5.74) is 1.83. The summed E-state index contributed by atoms with van der Waals surface area (Å²) in [6.45, 7) is 5.31. The van der Waals surface area contributed by atoms with E-state index >= 15 is 0 Å². The second-order valence-electron chi connectivity index (χ2n) is 9.48. The number of hydrogen-bond acceptors (Lipinski definition) is 6. The molecular weight excluding hydrogens is 549 g/mol. The molecule has 220 valence electrons. The first-order valence-electron chi connectivity index (χ1n) is 13.1. The van der Waals surface area contributed by atoms with Crippen LogP contribution in [0.4, 0.5) is 10.1 Å². The standard InChI is InChI=1S/C30H36FN3O6S/c1-6-16-32-30(36)22(3)33(19-23-9-7-8-21(2)17-23)29(35)20-34(25-12-10-24(31)11-13-25)41(37,38)26-14-15-27(39-4)28(18-26)40-5/h7-15,17-18,22H,6,16,19-20H2,1-5H3,(H,32,36)/t22-/m0/s1. The summed E-state index contributed by atoms with van der Waals surface area (Å²) in [6, 6.07) is 15.5. The molecule has 0 saturated heterocycles. The molecule has 3 aromatic rings. The molecule has 0 fully saturated rings. The normalized spacial score (nSPS) is 11.9. The van der Waals surface area contributed by atoms with Crippen molar-refractivity contribution in [2.24, 2.45) is 0 Å². The summed E-state index contributed by atoms with van der Waals surface area (Å²) in [4.78, 5) is 28.1. The largest absolute Gasteiger partial charge is 0.493 e. The fraction of sp³-hybridized carbons (Fsp3) is 0.333. The quantitative estimate of drug-likeness (QED) is 0.321. The molecule has 2 amide bonds. The Morgan fingerprint density at radius 1 is 0.976 bits per heavy atom. The zero-order chi connectivity index (χ0) is 30.2. The van der Waals surface area contributed by atoms with Crippen LogP contribution in [0.1, 0.15) is 31.4 Å². The summed E-state index contributed by atoms with van der Waals surface area (Å²) in [5, 5.41) is 2.80. The van der Waals surface area contributed by atoms with Crippen molar-refractivity contribution in [2.75, 3.05) is 31.6 Å². The minimum atomic E-state index is -4.37. The Hall–Kier alpha value is -4.12. The first-order chi connectivity index (χ1) is 19.5. The lowest BCUT2D eigenvalue weighted by Gasteiger charge is -2.32. The van der Waals surface area contributed by atoms with Crippen LogP contribution in [0.2, 0.25) is 0 Å². The van der Waals surface area contributed by atoms with Crippen LogP contribution in [0.5, 0.6) is 11.5 Å². The molecule has 1 atom stereocenters. The Bertz CT molecular complexity index is 1460. The molecule has 41 heavy (non-hydrogen) atoms. The molecule has 0 spiro atoms. The van der Waals surface area contributed by atoms with Gasteiger partial charge in [0.05, 0.1) is 24.8 Å². The van der Waals surface area contributed by atoms with Crippen molar-refractivity contribution in [1.82, 2.24) is 10.2 Å². The number of hydrogen-bond donors (Lipinski definition) is 1. The second-order valence-corrected chi connectivity index (χ2v) is 11.3. The maximum Gasteiger partial charge on any atom is 0.264 e. The number of nitrogens with zero attached hydrogens (tertiary/aromatic N) is 2. The Kier molecular flexibility index (Phi) is 10.7. The molecule has 0 aromatic heterocycles. The number of ether oxygens (including phenoxy) is 2. The zero-order valence-corrected chi connectivity index (χ0v) is 24.7. The van der Waals surface area contributed by atoms with Gasteiger partial charge in [-0.3, -0.25) is 13.9 Å². The summed E-state index contributed by atoms with van der Waals surface area (Å²) in [7, 11) is -1.56. The van der Waals surface area contributed by atoms with E-state index in [2.05, 4.69) is 5.32 Å². The number of sulfonamides is 1. The third-order valence-electron chi connectivity index (χ3n) is 6.49. The van der Waals surface area contributed by atoms with Crippen LogP contribution in [-0.4, -0.2) is 58.5 Å². The molecule has 11 heteroatoms. The van der Waals surface area contributed by atoms with Gasteiger partial charge in [0.2, 0.25) is 11.8 Å². The number of amides is 2. The van der Waals surface area contributed by atoms with Gasteiger partial charge in [0.1, 0.15) is 18.4 Å². The van der Waals surface area contributed by atoms with Crippen molar-refractivity contribution >= 4 is 27.5 Å². The molecular formula is C30H36FN3O6S. The fourth-order valence-corrected chi connectivity index (χ4v) is 5.66. The number of halogens is 1. The Morgan fingerprint density at radius 2 is 1.66 bits per heavy atom. The topological polar surface area (TPSA) is 105 Å². The van der Waals surface area contributed by atoms with Gasteiger partial charge < -0.3 is 19.7 Å². The smallest absolute Gasteiger partial charge is 0.264 e. The van der Waals surface area contributed by atoms with Gasteiger partial charge in [-0.2, -0.15) is 0 Å². The van der Waals surface area contributed by atoms with Crippen LogP contribution in [0, 0.1) is 12.7 Å². The van der Waals surface area contributed by atoms with Crippen LogP contribution in [0.3, 0.4) is 0 Å². The highest BCUT2D eigenvalue weighted by Crippen LogP contribution is 2.32. The summed E-state index contributed by atoms with van der Waals surface area (Å²) in [5.74, 6) is -1.03. The molecule has 0 unspecified atom stereocenters. The highest BCUT2D eigenvalue weighted by atomic mass is 32.2. The Balaban J connectivity index is 2.06. The Labute approximate surface area is 240 Å². The van der Waals surface area contributed by atoms with Gasteiger partial charge in [-0.25, -0.2) is 12.8 Å². The molecule has 0 bridgehead atoms. The minimum Gasteiger partial charge on any atom is -0.493 e. The average molecular weight is 586 g/mol. The van der Waals surface area contributed by atoms with Crippen molar-refractivity contribution in [2.45, 2.75) is 44.7 Å². The first-order valence-corrected chi connectivity index (χ1v) is 14.6. The number of methoxy groups -OCH3 is 2. The van der Waals surface area contributed by atoms with Crippen LogP contribution in [0.15, 0.2) is 71.6 Å². The lowest BCUT2D eigenvalue weighted by molar-refractivity contribution is -0.139. The third-order valence-corrected chi connectivity index (χ3v) is 8.26. The van der Waals surface area contributed by atoms with E-state index in [0.717, 1.165) is 27.6 Å². The lowest BCUT2D eigenvalue weighted by Crippen LogP contribution is -2.51. The molecule has 3 aromatic carbocycles. The van der Waals surface area contributed by atoms with Gasteiger partial charge in [-0.05, 0) is 62.2 Å². The van der Waals surface area contributed by atoms with E-state index in [1.54, 1.807) is 6.92 Å². The molecule has 0 radical (unpaired) electrons. The van der Waals surface area contributed by atoms with Gasteiger partial charge in [0.25, 0.3) is 10.0 Å². The summed E-state index contributed by atoms with van der Waals surface area (Å²) < 4.78 is 53.2. The fourth-order valence-electron chi connectivity index (χ4n) is 4.23. The number of rotatable bonds is 13. The molecule has 0 saturated carbocycles. The highest BCUT2D eigenvalue weighted by molar-refractivity contribution is 7.92. The Morgan fingerprint density at radius 3 is 2.27 bits per heavy atom. The van der Waals surface area contributed by atoms with E-state index in [4.69, 9.17) is 9.47 Å². The third kappa shape index (κ3) is 7.75. The number of anilines is 1. The SMILES string of the molecule is CCCNC(=O)[C@H](C)N(Cc1cccc(C)c1)C(=O)CN(c1ccc(F)cc1)S(=O)(=O)c1ccc(OC)c(OC)c1. The number of benzene rings is 3. The van der Waals surface area contributed by atoms with Crippen LogP contribution in [0.25, 0.3) is 0 Å². The minimum absolute atomic E-state index is 0.0770. The molecule has 0 aliphatic carbocycles. The molecule has 0 heterocycles. The van der Waals surface area contributed by atoms with E-state index in [0.29, 0.717) is 18.7 Å². The van der Waals surface area contributed by atoms with Crippen LogP contribution in [-0.2, 0) is 26.2 Å². The highest BCUT2D eigenvalue weighted by Gasteiger charge is 2.33. The average Bonchev–Trinajstić information content (AvgIpc) is 2.97. The van der Waals surface area contributed by atoms with Gasteiger partial charge >= 0.3 is 0 Å². The van der Waals surface area contributed by atoms with Crippen LogP contribution >= 0.6 is 0 Å². The van der Waals surface area contributed by atoms with E-state index < -0.39 is 34.3 Å². The van der Waals surface area contributed by atoms with Gasteiger partial charge in [-0.15, -0.1) is 0 Å². The zero-order valence-electron chi connectivity index (χ0n) is 23.9.